The summed E-state index contributed by atoms with van der Waals surface area (Å²) in [6, 6.07) is 0.485. The van der Waals surface area contributed by atoms with Gasteiger partial charge in [-0.15, -0.1) is 0 Å². The third-order valence-corrected chi connectivity index (χ3v) is 4.41. The van der Waals surface area contributed by atoms with Gasteiger partial charge in [0, 0.05) is 19.0 Å². The first-order valence-corrected chi connectivity index (χ1v) is 7.28. The van der Waals surface area contributed by atoms with Gasteiger partial charge in [0.25, 0.3) is 0 Å². The van der Waals surface area contributed by atoms with E-state index in [4.69, 9.17) is 10.5 Å². The second-order valence-corrected chi connectivity index (χ2v) is 5.81. The summed E-state index contributed by atoms with van der Waals surface area (Å²) in [6.45, 7) is 5.57. The van der Waals surface area contributed by atoms with Crippen molar-refractivity contribution in [1.82, 2.24) is 4.90 Å². The largest absolute Gasteiger partial charge is 0.375 e. The molecule has 18 heavy (non-hydrogen) atoms. The number of carbonyl (C=O) groups is 1. The van der Waals surface area contributed by atoms with E-state index < -0.39 is 0 Å². The summed E-state index contributed by atoms with van der Waals surface area (Å²) < 4.78 is 5.63. The first kappa shape index (κ1) is 13.8. The van der Waals surface area contributed by atoms with E-state index in [0.29, 0.717) is 18.9 Å². The zero-order valence-electron chi connectivity index (χ0n) is 11.6. The number of nitrogens with two attached hydrogens (primary N) is 1. The molecule has 2 rings (SSSR count). The number of carbonyl (C=O) groups excluding carboxylic acids is 1. The van der Waals surface area contributed by atoms with Gasteiger partial charge in [0.1, 0.15) is 0 Å². The third kappa shape index (κ3) is 3.04. The highest BCUT2D eigenvalue weighted by atomic mass is 16.5. The van der Waals surface area contributed by atoms with Crippen molar-refractivity contribution >= 4 is 5.91 Å². The molecule has 4 atom stereocenters. The fraction of sp³-hybridized carbons (Fsp3) is 0.929. The number of rotatable bonds is 3. The minimum atomic E-state index is 0.161. The molecule has 1 saturated heterocycles. The summed E-state index contributed by atoms with van der Waals surface area (Å²) in [6.07, 6.45) is 5.13. The van der Waals surface area contributed by atoms with Crippen molar-refractivity contribution in [2.45, 2.75) is 64.1 Å². The highest BCUT2D eigenvalue weighted by molar-refractivity contribution is 5.77. The highest BCUT2D eigenvalue weighted by Gasteiger charge is 2.33. The highest BCUT2D eigenvalue weighted by Crippen LogP contribution is 2.28. The van der Waals surface area contributed by atoms with Crippen LogP contribution in [0.2, 0.25) is 0 Å². The molecule has 0 bridgehead atoms. The van der Waals surface area contributed by atoms with Crippen molar-refractivity contribution in [3.8, 4) is 0 Å². The van der Waals surface area contributed by atoms with E-state index in [2.05, 4.69) is 6.92 Å². The van der Waals surface area contributed by atoms with Crippen molar-refractivity contribution in [3.05, 3.63) is 0 Å². The number of ether oxygens (including phenoxy) is 1. The van der Waals surface area contributed by atoms with Crippen LogP contribution in [0.5, 0.6) is 0 Å². The van der Waals surface area contributed by atoms with Gasteiger partial charge in [0.05, 0.1) is 18.8 Å². The van der Waals surface area contributed by atoms with E-state index in [0.717, 1.165) is 25.8 Å². The van der Waals surface area contributed by atoms with Gasteiger partial charge in [-0.1, -0.05) is 13.3 Å². The first-order chi connectivity index (χ1) is 8.61. The van der Waals surface area contributed by atoms with Crippen molar-refractivity contribution in [2.75, 3.05) is 13.2 Å². The van der Waals surface area contributed by atoms with Gasteiger partial charge in [-0.25, -0.2) is 0 Å². The Morgan fingerprint density at radius 1 is 1.44 bits per heavy atom. The SMILES string of the molecule is CCC1COC(C)CN1C(=O)C[C@@H]1CCC[C@H]1N. The smallest absolute Gasteiger partial charge is 0.223 e. The molecule has 1 aliphatic heterocycles. The fourth-order valence-electron chi connectivity index (χ4n) is 3.15. The lowest BCUT2D eigenvalue weighted by molar-refractivity contribution is -0.145. The molecule has 2 fully saturated rings. The van der Waals surface area contributed by atoms with E-state index in [1.165, 1.54) is 6.42 Å². The van der Waals surface area contributed by atoms with Gasteiger partial charge in [0.2, 0.25) is 5.91 Å². The molecule has 4 heteroatoms. The minimum absolute atomic E-state index is 0.161. The van der Waals surface area contributed by atoms with Gasteiger partial charge in [-0.05, 0) is 32.1 Å². The zero-order chi connectivity index (χ0) is 13.1. The molecule has 0 aromatic rings. The normalized spacial score (nSPS) is 36.9. The maximum absolute atomic E-state index is 12.4. The molecule has 1 saturated carbocycles. The molecule has 1 aliphatic carbocycles. The number of nitrogens with zero attached hydrogens (tertiary/aromatic N) is 1. The molecule has 104 valence electrons. The Hall–Kier alpha value is -0.610. The van der Waals surface area contributed by atoms with Crippen LogP contribution >= 0.6 is 0 Å². The van der Waals surface area contributed by atoms with Crippen LogP contribution < -0.4 is 5.73 Å². The van der Waals surface area contributed by atoms with Crippen molar-refractivity contribution in [1.29, 1.82) is 0 Å². The summed E-state index contributed by atoms with van der Waals surface area (Å²) in [7, 11) is 0. The van der Waals surface area contributed by atoms with Crippen LogP contribution in [0.4, 0.5) is 0 Å². The summed E-state index contributed by atoms with van der Waals surface area (Å²) in [5.74, 6) is 0.674. The van der Waals surface area contributed by atoms with Crippen molar-refractivity contribution in [3.63, 3.8) is 0 Å². The predicted octanol–water partition coefficient (Wildman–Crippen LogP) is 1.53. The zero-order valence-corrected chi connectivity index (χ0v) is 11.6. The van der Waals surface area contributed by atoms with Gasteiger partial charge in [-0.3, -0.25) is 4.79 Å². The van der Waals surface area contributed by atoms with E-state index >= 15 is 0 Å². The molecule has 4 nitrogen and oxygen atoms in total. The molecule has 1 amide bonds. The van der Waals surface area contributed by atoms with Gasteiger partial charge in [0.15, 0.2) is 0 Å². The van der Waals surface area contributed by atoms with Crippen LogP contribution in [0, 0.1) is 5.92 Å². The number of hydrogen-bond donors (Lipinski definition) is 1. The molecular formula is C14H26N2O2. The Morgan fingerprint density at radius 2 is 2.22 bits per heavy atom. The average Bonchev–Trinajstić information content (AvgIpc) is 2.75. The maximum atomic E-state index is 12.4. The molecular weight excluding hydrogens is 228 g/mol. The summed E-state index contributed by atoms with van der Waals surface area (Å²) in [4.78, 5) is 14.5. The minimum Gasteiger partial charge on any atom is -0.375 e. The summed E-state index contributed by atoms with van der Waals surface area (Å²) in [5.41, 5.74) is 6.06. The molecule has 0 radical (unpaired) electrons. The molecule has 0 aromatic heterocycles. The van der Waals surface area contributed by atoms with E-state index in [-0.39, 0.29) is 24.1 Å². The summed E-state index contributed by atoms with van der Waals surface area (Å²) in [5, 5.41) is 0. The van der Waals surface area contributed by atoms with Crippen LogP contribution in [0.3, 0.4) is 0 Å². The molecule has 1 heterocycles. The standard InChI is InChI=1S/C14H26N2O2/c1-3-12-9-18-10(2)8-16(12)14(17)7-11-5-4-6-13(11)15/h10-13H,3-9,15H2,1-2H3/t10?,11-,12?,13+/m0/s1. The average molecular weight is 254 g/mol. The second-order valence-electron chi connectivity index (χ2n) is 5.81. The Bertz CT molecular complexity index is 296. The number of hydrogen-bond acceptors (Lipinski definition) is 3. The Kier molecular flexibility index (Phi) is 4.62. The molecule has 0 aromatic carbocycles. The Balaban J connectivity index is 1.93. The lowest BCUT2D eigenvalue weighted by Gasteiger charge is -2.39. The van der Waals surface area contributed by atoms with E-state index in [1.807, 2.05) is 11.8 Å². The van der Waals surface area contributed by atoms with Crippen LogP contribution in [0.1, 0.15) is 46.0 Å². The molecule has 0 spiro atoms. The Labute approximate surface area is 110 Å². The van der Waals surface area contributed by atoms with Crippen molar-refractivity contribution < 1.29 is 9.53 Å². The van der Waals surface area contributed by atoms with Crippen LogP contribution in [0.15, 0.2) is 0 Å². The fourth-order valence-corrected chi connectivity index (χ4v) is 3.15. The van der Waals surface area contributed by atoms with Gasteiger partial charge in [-0.2, -0.15) is 0 Å². The maximum Gasteiger partial charge on any atom is 0.223 e. The van der Waals surface area contributed by atoms with Gasteiger partial charge < -0.3 is 15.4 Å². The quantitative estimate of drug-likeness (QED) is 0.831. The van der Waals surface area contributed by atoms with Crippen LogP contribution in [-0.2, 0) is 9.53 Å². The molecule has 2 N–H and O–H groups in total. The van der Waals surface area contributed by atoms with E-state index in [9.17, 15) is 4.79 Å². The van der Waals surface area contributed by atoms with Crippen LogP contribution in [0.25, 0.3) is 0 Å². The predicted molar refractivity (Wildman–Crippen MR) is 71.1 cm³/mol. The second kappa shape index (κ2) is 6.02. The monoisotopic (exact) mass is 254 g/mol. The van der Waals surface area contributed by atoms with Gasteiger partial charge >= 0.3 is 0 Å². The summed E-state index contributed by atoms with van der Waals surface area (Å²) >= 11 is 0. The lowest BCUT2D eigenvalue weighted by atomic mass is 9.98. The topological polar surface area (TPSA) is 55.6 Å². The first-order valence-electron chi connectivity index (χ1n) is 7.28. The van der Waals surface area contributed by atoms with E-state index in [1.54, 1.807) is 0 Å². The lowest BCUT2D eigenvalue weighted by Crippen LogP contribution is -2.52. The molecule has 2 unspecified atom stereocenters. The van der Waals surface area contributed by atoms with Crippen LogP contribution in [-0.4, -0.2) is 42.1 Å². The number of amides is 1. The number of morpholine rings is 1. The molecule has 2 aliphatic rings. The third-order valence-electron chi connectivity index (χ3n) is 4.41. The Morgan fingerprint density at radius 3 is 2.83 bits per heavy atom. The van der Waals surface area contributed by atoms with Crippen molar-refractivity contribution in [2.24, 2.45) is 11.7 Å².